The molecule has 3 N–H and O–H groups in total. The lowest BCUT2D eigenvalue weighted by Gasteiger charge is -2.32. The van der Waals surface area contributed by atoms with Gasteiger partial charge in [0.15, 0.2) is 0 Å². The Morgan fingerprint density at radius 3 is 1.72 bits per heavy atom. The second-order valence-electron chi connectivity index (χ2n) is 12.8. The van der Waals surface area contributed by atoms with Crippen LogP contribution in [0, 0.1) is 0 Å². The van der Waals surface area contributed by atoms with Crippen LogP contribution < -0.4 is 11.1 Å². The van der Waals surface area contributed by atoms with E-state index in [0.29, 0.717) is 0 Å². The lowest BCUT2D eigenvalue weighted by atomic mass is 9.68. The number of hydrogen-bond acceptors (Lipinski definition) is 2. The summed E-state index contributed by atoms with van der Waals surface area (Å²) >= 11 is 0. The van der Waals surface area contributed by atoms with Gasteiger partial charge in [-0.05, 0) is 108 Å². The predicted octanol–water partition coefficient (Wildman–Crippen LogP) is 11.3. The lowest BCUT2D eigenvalue weighted by Crippen LogP contribution is -2.26. The smallest absolute Gasteiger partial charge is 0.0737 e. The molecule has 2 nitrogen and oxygen atoms in total. The first-order chi connectivity index (χ1) is 23.2. The number of anilines is 3. The Bertz CT molecular complexity index is 2520. The summed E-state index contributed by atoms with van der Waals surface area (Å²) in [6.45, 7) is 0. The molecule has 2 aliphatic carbocycles. The summed E-state index contributed by atoms with van der Waals surface area (Å²) in [5.41, 5.74) is 21.9. The fourth-order valence-corrected chi connectivity index (χ4v) is 8.47. The highest BCUT2D eigenvalue weighted by atomic mass is 14.9. The van der Waals surface area contributed by atoms with Crippen LogP contribution in [0.1, 0.15) is 22.3 Å². The molecule has 2 heteroatoms. The molecule has 0 unspecified atom stereocenters. The highest BCUT2D eigenvalue weighted by molar-refractivity contribution is 6.09. The van der Waals surface area contributed by atoms with Crippen molar-refractivity contribution in [3.05, 3.63) is 186 Å². The number of nitrogens with one attached hydrogen (secondary N) is 1. The van der Waals surface area contributed by atoms with Crippen molar-refractivity contribution in [1.29, 1.82) is 0 Å². The molecule has 8 aromatic carbocycles. The number of nitrogens with two attached hydrogens (primary N) is 1. The molecule has 0 fully saturated rings. The van der Waals surface area contributed by atoms with Crippen LogP contribution in [0.2, 0.25) is 0 Å². The number of benzene rings is 8. The monoisotopic (exact) mass is 598 g/mol. The number of para-hydroxylation sites is 1. The molecule has 2 aliphatic rings. The molecule has 1 spiro atoms. The van der Waals surface area contributed by atoms with Crippen molar-refractivity contribution in [2.75, 3.05) is 11.1 Å². The molecule has 0 atom stereocenters. The van der Waals surface area contributed by atoms with E-state index in [4.69, 9.17) is 5.73 Å². The zero-order valence-corrected chi connectivity index (χ0v) is 25.7. The zero-order chi connectivity index (χ0) is 31.1. The van der Waals surface area contributed by atoms with Gasteiger partial charge >= 0.3 is 0 Å². The molecule has 0 heterocycles. The highest BCUT2D eigenvalue weighted by Gasteiger charge is 2.53. The first-order valence-electron chi connectivity index (χ1n) is 16.2. The summed E-state index contributed by atoms with van der Waals surface area (Å²) in [5.74, 6) is 0. The molecule has 47 heavy (non-hydrogen) atoms. The van der Waals surface area contributed by atoms with Crippen LogP contribution in [0.5, 0.6) is 0 Å². The molecule has 0 saturated carbocycles. The minimum atomic E-state index is -0.422. The number of rotatable bonds is 3. The van der Waals surface area contributed by atoms with Crippen LogP contribution >= 0.6 is 0 Å². The quantitative estimate of drug-likeness (QED) is 0.199. The van der Waals surface area contributed by atoms with E-state index in [1.165, 1.54) is 66.1 Å². The van der Waals surface area contributed by atoms with Gasteiger partial charge in [0.25, 0.3) is 0 Å². The van der Waals surface area contributed by atoms with Crippen molar-refractivity contribution in [1.82, 2.24) is 0 Å². The number of nitrogen functional groups attached to an aromatic ring is 1. The Morgan fingerprint density at radius 2 is 1.00 bits per heavy atom. The molecular weight excluding hydrogens is 569 g/mol. The normalized spacial score (nSPS) is 13.4. The van der Waals surface area contributed by atoms with E-state index in [0.717, 1.165) is 28.2 Å². The minimum absolute atomic E-state index is 0.422. The Hall–Kier alpha value is -6.12. The van der Waals surface area contributed by atoms with Crippen molar-refractivity contribution in [3.63, 3.8) is 0 Å². The van der Waals surface area contributed by atoms with Gasteiger partial charge < -0.3 is 11.1 Å². The van der Waals surface area contributed by atoms with E-state index in [9.17, 15) is 0 Å². The van der Waals surface area contributed by atoms with Gasteiger partial charge in [-0.3, -0.25) is 0 Å². The van der Waals surface area contributed by atoms with E-state index in [2.05, 4.69) is 139 Å². The predicted molar refractivity (Wildman–Crippen MR) is 197 cm³/mol. The summed E-state index contributed by atoms with van der Waals surface area (Å²) < 4.78 is 0. The highest BCUT2D eigenvalue weighted by Crippen LogP contribution is 2.65. The third kappa shape index (κ3) is 3.55. The van der Waals surface area contributed by atoms with Crippen LogP contribution in [0.3, 0.4) is 0 Å². The van der Waals surface area contributed by atoms with Gasteiger partial charge in [-0.2, -0.15) is 0 Å². The molecule has 0 amide bonds. The maximum atomic E-state index is 6.59. The molecule has 0 aliphatic heterocycles. The maximum Gasteiger partial charge on any atom is 0.0737 e. The van der Waals surface area contributed by atoms with Crippen LogP contribution in [0.25, 0.3) is 54.9 Å². The van der Waals surface area contributed by atoms with Crippen molar-refractivity contribution in [2.24, 2.45) is 0 Å². The van der Waals surface area contributed by atoms with Crippen LogP contribution in [0.4, 0.5) is 17.1 Å². The standard InChI is InChI=1S/C45H30N2/c46-41-27-30(21-25-42(41)47-32-11-2-1-3-12-32)29-19-22-34-31(26-29)20-24-38-37-23-18-28-10-4-5-13-33(28)43(37)45(44(34)38)39-16-8-6-14-35(39)36-15-7-9-17-40(36)45/h1-27,47H,46H2. The zero-order valence-electron chi connectivity index (χ0n) is 25.7. The molecule has 10 rings (SSSR count). The fourth-order valence-electron chi connectivity index (χ4n) is 8.47. The summed E-state index contributed by atoms with van der Waals surface area (Å²) in [7, 11) is 0. The van der Waals surface area contributed by atoms with Crippen molar-refractivity contribution >= 4 is 38.6 Å². The lowest BCUT2D eigenvalue weighted by molar-refractivity contribution is 0.809. The van der Waals surface area contributed by atoms with Crippen molar-refractivity contribution < 1.29 is 0 Å². The summed E-state index contributed by atoms with van der Waals surface area (Å²) in [6, 6.07) is 59.7. The van der Waals surface area contributed by atoms with Crippen molar-refractivity contribution in [3.8, 4) is 33.4 Å². The third-order valence-electron chi connectivity index (χ3n) is 10.4. The minimum Gasteiger partial charge on any atom is -0.397 e. The van der Waals surface area contributed by atoms with E-state index in [1.54, 1.807) is 0 Å². The summed E-state index contributed by atoms with van der Waals surface area (Å²) in [5, 5.41) is 8.55. The first kappa shape index (κ1) is 26.1. The number of hydrogen-bond donors (Lipinski definition) is 2. The topological polar surface area (TPSA) is 38.0 Å². The maximum absolute atomic E-state index is 6.59. The fraction of sp³-hybridized carbons (Fsp3) is 0.0222. The van der Waals surface area contributed by atoms with Gasteiger partial charge in [0.2, 0.25) is 0 Å². The average Bonchev–Trinajstić information content (AvgIpc) is 3.60. The van der Waals surface area contributed by atoms with Gasteiger partial charge in [-0.1, -0.05) is 133 Å². The van der Waals surface area contributed by atoms with E-state index < -0.39 is 5.41 Å². The Balaban J connectivity index is 1.21. The van der Waals surface area contributed by atoms with Gasteiger partial charge in [0, 0.05) is 5.69 Å². The van der Waals surface area contributed by atoms with Gasteiger partial charge in [0.1, 0.15) is 0 Å². The van der Waals surface area contributed by atoms with Gasteiger partial charge in [-0.15, -0.1) is 0 Å². The molecular formula is C45H30N2. The van der Waals surface area contributed by atoms with Crippen LogP contribution in [-0.4, -0.2) is 0 Å². The average molecular weight is 599 g/mol. The molecule has 220 valence electrons. The molecule has 0 radical (unpaired) electrons. The Kier molecular flexibility index (Phi) is 5.39. The second kappa shape index (κ2) is 9.69. The van der Waals surface area contributed by atoms with Gasteiger partial charge in [-0.25, -0.2) is 0 Å². The SMILES string of the molecule is Nc1cc(-c2ccc3c4c(ccc3c2)-c2ccc3ccccc3c2C42c3ccccc3-c3ccccc32)ccc1Nc1ccccc1. The first-order valence-corrected chi connectivity index (χ1v) is 16.2. The van der Waals surface area contributed by atoms with E-state index >= 15 is 0 Å². The molecule has 0 saturated heterocycles. The Morgan fingerprint density at radius 1 is 0.426 bits per heavy atom. The van der Waals surface area contributed by atoms with Crippen molar-refractivity contribution in [2.45, 2.75) is 5.41 Å². The van der Waals surface area contributed by atoms with Crippen LogP contribution in [-0.2, 0) is 5.41 Å². The third-order valence-corrected chi connectivity index (χ3v) is 10.4. The molecule has 8 aromatic rings. The molecule has 0 aromatic heterocycles. The second-order valence-corrected chi connectivity index (χ2v) is 12.8. The Labute approximate surface area is 273 Å². The summed E-state index contributed by atoms with van der Waals surface area (Å²) in [6.07, 6.45) is 0. The number of fused-ring (bicyclic) bond motifs is 14. The summed E-state index contributed by atoms with van der Waals surface area (Å²) in [4.78, 5) is 0. The van der Waals surface area contributed by atoms with E-state index in [1.807, 2.05) is 30.3 Å². The van der Waals surface area contributed by atoms with Crippen LogP contribution in [0.15, 0.2) is 164 Å². The largest absolute Gasteiger partial charge is 0.397 e. The van der Waals surface area contributed by atoms with Gasteiger partial charge in [0.05, 0.1) is 16.8 Å². The molecule has 0 bridgehead atoms. The van der Waals surface area contributed by atoms with E-state index in [-0.39, 0.29) is 0 Å².